The lowest BCUT2D eigenvalue weighted by Gasteiger charge is -2.41. The Labute approximate surface area is 215 Å². The number of piperazine rings is 1. The highest BCUT2D eigenvalue weighted by molar-refractivity contribution is 5.96. The summed E-state index contributed by atoms with van der Waals surface area (Å²) < 4.78 is 6.05. The second-order valence-electron chi connectivity index (χ2n) is 11.0. The van der Waals surface area contributed by atoms with E-state index in [2.05, 4.69) is 20.4 Å². The molecule has 3 atom stereocenters. The molecule has 4 aliphatic rings. The van der Waals surface area contributed by atoms with E-state index in [9.17, 15) is 9.59 Å². The summed E-state index contributed by atoms with van der Waals surface area (Å²) in [6, 6.07) is 10.5. The first-order valence-corrected chi connectivity index (χ1v) is 14.1. The molecule has 1 aromatic rings. The number of hydrogen-bond donors (Lipinski definition) is 2. The predicted molar refractivity (Wildman–Crippen MR) is 141 cm³/mol. The molecule has 2 saturated heterocycles. The molecule has 5 rings (SSSR count). The zero-order valence-electron chi connectivity index (χ0n) is 21.5. The molecule has 7 heteroatoms. The number of rotatable bonds is 7. The van der Waals surface area contributed by atoms with E-state index in [0.717, 1.165) is 57.0 Å². The van der Waals surface area contributed by atoms with Crippen LogP contribution in [-0.2, 0) is 14.3 Å². The van der Waals surface area contributed by atoms with Crippen LogP contribution in [-0.4, -0.2) is 79.1 Å². The van der Waals surface area contributed by atoms with Gasteiger partial charge in [-0.15, -0.1) is 0 Å². The summed E-state index contributed by atoms with van der Waals surface area (Å²) in [5.74, 6) is 0.235. The first-order chi connectivity index (χ1) is 17.7. The Kier molecular flexibility index (Phi) is 8.59. The van der Waals surface area contributed by atoms with Crippen LogP contribution in [0.5, 0.6) is 0 Å². The quantitative estimate of drug-likeness (QED) is 0.450. The van der Waals surface area contributed by atoms with Gasteiger partial charge in [0, 0.05) is 44.7 Å². The Bertz CT molecular complexity index is 906. The molecule has 2 aliphatic carbocycles. The fourth-order valence-electron chi connectivity index (χ4n) is 6.39. The van der Waals surface area contributed by atoms with Crippen molar-refractivity contribution in [1.29, 1.82) is 0 Å². The maximum atomic E-state index is 12.8. The average molecular weight is 495 g/mol. The lowest BCUT2D eigenvalue weighted by molar-refractivity contribution is -0.134. The smallest absolute Gasteiger partial charge is 0.286 e. The average Bonchev–Trinajstić information content (AvgIpc) is 2.92. The summed E-state index contributed by atoms with van der Waals surface area (Å²) in [5.41, 5.74) is 0.945. The molecule has 36 heavy (non-hydrogen) atoms. The summed E-state index contributed by atoms with van der Waals surface area (Å²) in [5, 5.41) is 6.25. The minimum atomic E-state index is -0.190. The molecule has 7 nitrogen and oxygen atoms in total. The van der Waals surface area contributed by atoms with Crippen molar-refractivity contribution >= 4 is 17.9 Å². The van der Waals surface area contributed by atoms with E-state index in [4.69, 9.17) is 4.74 Å². The van der Waals surface area contributed by atoms with Crippen LogP contribution in [0.1, 0.15) is 63.4 Å². The predicted octanol–water partition coefficient (Wildman–Crippen LogP) is 3.17. The molecule has 2 amide bonds. The van der Waals surface area contributed by atoms with Crippen LogP contribution in [0, 0.1) is 5.92 Å². The molecular weight excluding hydrogens is 452 g/mol. The summed E-state index contributed by atoms with van der Waals surface area (Å²) in [6.07, 6.45) is 11.9. The molecule has 2 aliphatic heterocycles. The van der Waals surface area contributed by atoms with Gasteiger partial charge in [-0.3, -0.25) is 14.5 Å². The van der Waals surface area contributed by atoms with E-state index in [1.165, 1.54) is 45.2 Å². The van der Waals surface area contributed by atoms with Gasteiger partial charge in [-0.2, -0.15) is 0 Å². The minimum Gasteiger partial charge on any atom is -0.483 e. The van der Waals surface area contributed by atoms with E-state index in [0.29, 0.717) is 12.2 Å². The summed E-state index contributed by atoms with van der Waals surface area (Å²) in [4.78, 5) is 30.7. The van der Waals surface area contributed by atoms with Crippen LogP contribution in [0.25, 0.3) is 6.08 Å². The van der Waals surface area contributed by atoms with Gasteiger partial charge in [-0.05, 0) is 56.7 Å². The highest BCUT2D eigenvalue weighted by Crippen LogP contribution is 2.31. The number of nitrogens with zero attached hydrogens (tertiary/aromatic N) is 2. The molecule has 0 bridgehead atoms. The van der Waals surface area contributed by atoms with Gasteiger partial charge in [-0.25, -0.2) is 0 Å². The van der Waals surface area contributed by atoms with E-state index in [-0.39, 0.29) is 29.9 Å². The van der Waals surface area contributed by atoms with Crippen molar-refractivity contribution in [3.05, 3.63) is 41.7 Å². The first-order valence-electron chi connectivity index (χ1n) is 14.1. The monoisotopic (exact) mass is 494 g/mol. The Morgan fingerprint density at radius 3 is 2.58 bits per heavy atom. The van der Waals surface area contributed by atoms with Crippen LogP contribution in [0.3, 0.4) is 0 Å². The fraction of sp³-hybridized carbons (Fsp3) is 0.655. The third-order valence-electron chi connectivity index (χ3n) is 8.52. The highest BCUT2D eigenvalue weighted by atomic mass is 16.5. The second-order valence-corrected chi connectivity index (χ2v) is 11.0. The first kappa shape index (κ1) is 25.3. The Morgan fingerprint density at radius 1 is 1.03 bits per heavy atom. The normalized spacial score (nSPS) is 29.3. The SMILES string of the molecule is O=C1NC2CC(C(=O)NCCCN3CCN(C4CCCCC4)CC3)CCC2O/C1=C\c1ccccc1. The third-order valence-corrected chi connectivity index (χ3v) is 8.52. The van der Waals surface area contributed by atoms with Crippen molar-refractivity contribution in [1.82, 2.24) is 20.4 Å². The van der Waals surface area contributed by atoms with E-state index in [1.807, 2.05) is 30.3 Å². The molecule has 0 radical (unpaired) electrons. The maximum Gasteiger partial charge on any atom is 0.286 e. The van der Waals surface area contributed by atoms with E-state index >= 15 is 0 Å². The van der Waals surface area contributed by atoms with Gasteiger partial charge < -0.3 is 20.3 Å². The van der Waals surface area contributed by atoms with Crippen molar-refractivity contribution in [3.63, 3.8) is 0 Å². The van der Waals surface area contributed by atoms with Gasteiger partial charge in [0.2, 0.25) is 5.91 Å². The van der Waals surface area contributed by atoms with Crippen molar-refractivity contribution in [3.8, 4) is 0 Å². The number of hydrogen-bond acceptors (Lipinski definition) is 5. The lowest BCUT2D eigenvalue weighted by atomic mass is 9.82. The molecule has 1 aromatic carbocycles. The molecule has 0 spiro atoms. The Balaban J connectivity index is 0.996. The van der Waals surface area contributed by atoms with Crippen LogP contribution < -0.4 is 10.6 Å². The van der Waals surface area contributed by atoms with Gasteiger partial charge in [-0.1, -0.05) is 49.6 Å². The number of amides is 2. The van der Waals surface area contributed by atoms with Crippen LogP contribution in [0.4, 0.5) is 0 Å². The topological polar surface area (TPSA) is 73.9 Å². The van der Waals surface area contributed by atoms with Gasteiger partial charge in [0.15, 0.2) is 5.76 Å². The lowest BCUT2D eigenvalue weighted by Crippen LogP contribution is -2.54. The largest absolute Gasteiger partial charge is 0.483 e. The van der Waals surface area contributed by atoms with Crippen LogP contribution in [0.2, 0.25) is 0 Å². The maximum absolute atomic E-state index is 12.8. The van der Waals surface area contributed by atoms with Gasteiger partial charge >= 0.3 is 0 Å². The van der Waals surface area contributed by atoms with Crippen molar-refractivity contribution in [2.45, 2.75) is 76.0 Å². The standard InChI is InChI=1S/C29H42N4O3/c34-28(30-14-7-15-32-16-18-33(19-17-32)24-10-5-2-6-11-24)23-12-13-26-25(21-23)31-29(35)27(36-26)20-22-8-3-1-4-9-22/h1,3-4,8-9,20,23-26H,2,5-7,10-19,21H2,(H,30,34)(H,31,35)/b27-20-. The summed E-state index contributed by atoms with van der Waals surface area (Å²) in [7, 11) is 0. The van der Waals surface area contributed by atoms with Crippen molar-refractivity contribution in [2.75, 3.05) is 39.3 Å². The summed E-state index contributed by atoms with van der Waals surface area (Å²) in [6.45, 7) is 6.45. The van der Waals surface area contributed by atoms with Gasteiger partial charge in [0.05, 0.1) is 6.04 Å². The molecule has 2 N–H and O–H groups in total. The molecule has 3 unspecified atom stereocenters. The van der Waals surface area contributed by atoms with Crippen molar-refractivity contribution < 1.29 is 14.3 Å². The van der Waals surface area contributed by atoms with E-state index in [1.54, 1.807) is 6.08 Å². The minimum absolute atomic E-state index is 0.0611. The molecule has 196 valence electrons. The number of carbonyl (C=O) groups is 2. The van der Waals surface area contributed by atoms with Gasteiger partial charge in [0.25, 0.3) is 5.91 Å². The third kappa shape index (κ3) is 6.48. The zero-order valence-corrected chi connectivity index (χ0v) is 21.5. The van der Waals surface area contributed by atoms with Gasteiger partial charge in [0.1, 0.15) is 6.10 Å². The van der Waals surface area contributed by atoms with E-state index < -0.39 is 0 Å². The number of fused-ring (bicyclic) bond motifs is 1. The zero-order chi connectivity index (χ0) is 24.7. The van der Waals surface area contributed by atoms with Crippen LogP contribution >= 0.6 is 0 Å². The fourth-order valence-corrected chi connectivity index (χ4v) is 6.39. The number of benzene rings is 1. The highest BCUT2D eigenvalue weighted by Gasteiger charge is 2.40. The van der Waals surface area contributed by atoms with Crippen molar-refractivity contribution in [2.24, 2.45) is 5.92 Å². The second kappa shape index (κ2) is 12.2. The number of ether oxygens (including phenoxy) is 1. The molecular formula is C29H42N4O3. The molecule has 2 saturated carbocycles. The number of nitrogens with one attached hydrogen (secondary N) is 2. The Morgan fingerprint density at radius 2 is 1.81 bits per heavy atom. The molecule has 0 aromatic heterocycles. The molecule has 2 heterocycles. The summed E-state index contributed by atoms with van der Waals surface area (Å²) >= 11 is 0. The molecule has 4 fully saturated rings. The number of morpholine rings is 1. The van der Waals surface area contributed by atoms with Crippen LogP contribution in [0.15, 0.2) is 36.1 Å². The number of carbonyl (C=O) groups excluding carboxylic acids is 2. The Hall–Kier alpha value is -2.38.